The number of carboxylic acid groups (broad SMARTS) is 1. The zero-order valence-corrected chi connectivity index (χ0v) is 12.9. The third kappa shape index (κ3) is 3.27. The van der Waals surface area contributed by atoms with Gasteiger partial charge >= 0.3 is 5.97 Å². The summed E-state index contributed by atoms with van der Waals surface area (Å²) >= 11 is 0. The Bertz CT molecular complexity index is 641. The van der Waals surface area contributed by atoms with E-state index in [9.17, 15) is 14.7 Å². The van der Waals surface area contributed by atoms with Crippen molar-refractivity contribution in [1.29, 1.82) is 0 Å². The Morgan fingerprint density at radius 3 is 2.64 bits per heavy atom. The van der Waals surface area contributed by atoms with Gasteiger partial charge in [-0.2, -0.15) is 0 Å². The van der Waals surface area contributed by atoms with Crippen molar-refractivity contribution in [1.82, 2.24) is 14.7 Å². The standard InChI is InChI=1S/C16H21N3O3/c1-3-16(4-2,15(21)22)11-17-14(20)9-12-10-19-8-6-5-7-13(19)18-12/h5-8,10H,3-4,9,11H2,1-2H3,(H,17,20)(H,21,22). The van der Waals surface area contributed by atoms with Crippen molar-refractivity contribution < 1.29 is 14.7 Å². The second-order valence-corrected chi connectivity index (χ2v) is 5.44. The lowest BCUT2D eigenvalue weighted by Gasteiger charge is -2.26. The molecule has 22 heavy (non-hydrogen) atoms. The molecule has 1 amide bonds. The molecule has 2 heterocycles. The molecule has 0 saturated carbocycles. The fourth-order valence-electron chi connectivity index (χ4n) is 2.45. The Morgan fingerprint density at radius 1 is 1.32 bits per heavy atom. The highest BCUT2D eigenvalue weighted by atomic mass is 16.4. The quantitative estimate of drug-likeness (QED) is 0.818. The van der Waals surface area contributed by atoms with E-state index in [2.05, 4.69) is 10.3 Å². The van der Waals surface area contributed by atoms with Gasteiger partial charge in [0.15, 0.2) is 0 Å². The van der Waals surface area contributed by atoms with Crippen LogP contribution in [0.2, 0.25) is 0 Å². The highest BCUT2D eigenvalue weighted by Gasteiger charge is 2.35. The van der Waals surface area contributed by atoms with Gasteiger partial charge in [-0.05, 0) is 25.0 Å². The molecule has 0 spiro atoms. The zero-order chi connectivity index (χ0) is 16.2. The summed E-state index contributed by atoms with van der Waals surface area (Å²) in [5.41, 5.74) is 0.555. The van der Waals surface area contributed by atoms with Crippen LogP contribution in [0.15, 0.2) is 30.6 Å². The molecule has 2 aromatic heterocycles. The minimum atomic E-state index is -0.894. The van der Waals surface area contributed by atoms with Gasteiger partial charge in [0, 0.05) is 18.9 Å². The first kappa shape index (κ1) is 16.0. The summed E-state index contributed by atoms with van der Waals surface area (Å²) in [6, 6.07) is 5.64. The molecule has 0 bridgehead atoms. The van der Waals surface area contributed by atoms with Crippen molar-refractivity contribution in [3.05, 3.63) is 36.3 Å². The van der Waals surface area contributed by atoms with Crippen molar-refractivity contribution in [2.45, 2.75) is 33.1 Å². The number of nitrogens with one attached hydrogen (secondary N) is 1. The molecule has 0 aliphatic carbocycles. The van der Waals surface area contributed by atoms with Gasteiger partial charge in [0.05, 0.1) is 17.5 Å². The zero-order valence-electron chi connectivity index (χ0n) is 12.9. The Morgan fingerprint density at radius 2 is 2.05 bits per heavy atom. The van der Waals surface area contributed by atoms with Gasteiger partial charge in [0.1, 0.15) is 5.65 Å². The van der Waals surface area contributed by atoms with Crippen LogP contribution in [0.3, 0.4) is 0 Å². The number of carbonyl (C=O) groups is 2. The van der Waals surface area contributed by atoms with Crippen molar-refractivity contribution >= 4 is 17.5 Å². The molecule has 0 radical (unpaired) electrons. The molecule has 0 unspecified atom stereocenters. The second kappa shape index (κ2) is 6.60. The third-order valence-corrected chi connectivity index (χ3v) is 4.19. The van der Waals surface area contributed by atoms with Gasteiger partial charge in [0.2, 0.25) is 5.91 Å². The number of amides is 1. The van der Waals surface area contributed by atoms with E-state index in [-0.39, 0.29) is 18.9 Å². The molecule has 2 aromatic rings. The van der Waals surface area contributed by atoms with Crippen LogP contribution in [0, 0.1) is 5.41 Å². The SMILES string of the molecule is CCC(CC)(CNC(=O)Cc1cn2ccccc2n1)C(=O)O. The molecular formula is C16H21N3O3. The largest absolute Gasteiger partial charge is 0.481 e. The smallest absolute Gasteiger partial charge is 0.311 e. The highest BCUT2D eigenvalue weighted by Crippen LogP contribution is 2.25. The third-order valence-electron chi connectivity index (χ3n) is 4.19. The molecule has 0 fully saturated rings. The maximum atomic E-state index is 12.0. The lowest BCUT2D eigenvalue weighted by atomic mass is 9.82. The second-order valence-electron chi connectivity index (χ2n) is 5.44. The Labute approximate surface area is 129 Å². The van der Waals surface area contributed by atoms with Crippen molar-refractivity contribution in [3.63, 3.8) is 0 Å². The first-order chi connectivity index (χ1) is 10.5. The number of aromatic nitrogens is 2. The van der Waals surface area contributed by atoms with Gasteiger partial charge in [-0.15, -0.1) is 0 Å². The van der Waals surface area contributed by atoms with E-state index in [1.807, 2.05) is 42.6 Å². The number of hydrogen-bond donors (Lipinski definition) is 2. The van der Waals surface area contributed by atoms with E-state index in [0.29, 0.717) is 18.5 Å². The molecule has 6 nitrogen and oxygen atoms in total. The number of carbonyl (C=O) groups excluding carboxylic acids is 1. The molecule has 2 rings (SSSR count). The molecule has 0 saturated heterocycles. The molecule has 0 aromatic carbocycles. The van der Waals surface area contributed by atoms with Crippen LogP contribution in [-0.4, -0.2) is 32.9 Å². The van der Waals surface area contributed by atoms with Crippen molar-refractivity contribution in [2.75, 3.05) is 6.54 Å². The molecule has 0 atom stereocenters. The fourth-order valence-corrected chi connectivity index (χ4v) is 2.45. The van der Waals surface area contributed by atoms with Crippen molar-refractivity contribution in [2.24, 2.45) is 5.41 Å². The number of aliphatic carboxylic acids is 1. The van der Waals surface area contributed by atoms with E-state index < -0.39 is 11.4 Å². The summed E-state index contributed by atoms with van der Waals surface area (Å²) in [4.78, 5) is 27.8. The highest BCUT2D eigenvalue weighted by molar-refractivity contribution is 5.80. The average Bonchev–Trinajstić information content (AvgIpc) is 2.90. The minimum absolute atomic E-state index is 0.140. The van der Waals surface area contributed by atoms with Gasteiger partial charge in [-0.3, -0.25) is 9.59 Å². The van der Waals surface area contributed by atoms with Crippen LogP contribution < -0.4 is 5.32 Å². The maximum Gasteiger partial charge on any atom is 0.311 e. The molecule has 6 heteroatoms. The molecule has 2 N–H and O–H groups in total. The van der Waals surface area contributed by atoms with E-state index in [1.165, 1.54) is 0 Å². The van der Waals surface area contributed by atoms with Crippen LogP contribution in [0.25, 0.3) is 5.65 Å². The van der Waals surface area contributed by atoms with E-state index >= 15 is 0 Å². The predicted molar refractivity (Wildman–Crippen MR) is 82.6 cm³/mol. The lowest BCUT2D eigenvalue weighted by Crippen LogP contribution is -2.42. The van der Waals surface area contributed by atoms with Crippen LogP contribution in [-0.2, 0) is 16.0 Å². The van der Waals surface area contributed by atoms with Crippen LogP contribution >= 0.6 is 0 Å². The number of nitrogens with zero attached hydrogens (tertiary/aromatic N) is 2. The van der Waals surface area contributed by atoms with E-state index in [0.717, 1.165) is 5.65 Å². The topological polar surface area (TPSA) is 83.7 Å². The van der Waals surface area contributed by atoms with E-state index in [1.54, 1.807) is 6.20 Å². The summed E-state index contributed by atoms with van der Waals surface area (Å²) < 4.78 is 1.85. The normalized spacial score (nSPS) is 11.5. The van der Waals surface area contributed by atoms with E-state index in [4.69, 9.17) is 0 Å². The number of carboxylic acids is 1. The Hall–Kier alpha value is -2.37. The summed E-state index contributed by atoms with van der Waals surface area (Å²) in [5, 5.41) is 12.1. The lowest BCUT2D eigenvalue weighted by molar-refractivity contribution is -0.149. The summed E-state index contributed by atoms with van der Waals surface area (Å²) in [7, 11) is 0. The summed E-state index contributed by atoms with van der Waals surface area (Å²) in [5.74, 6) is -1.08. The van der Waals surface area contributed by atoms with Gasteiger partial charge < -0.3 is 14.8 Å². The Balaban J connectivity index is 1.99. The average molecular weight is 303 g/mol. The predicted octanol–water partition coefficient (Wildman–Crippen LogP) is 1.88. The van der Waals surface area contributed by atoms with Gasteiger partial charge in [0.25, 0.3) is 0 Å². The van der Waals surface area contributed by atoms with Crippen LogP contribution in [0.5, 0.6) is 0 Å². The number of pyridine rings is 1. The van der Waals surface area contributed by atoms with Crippen LogP contribution in [0.4, 0.5) is 0 Å². The number of imidazole rings is 1. The molecule has 118 valence electrons. The van der Waals surface area contributed by atoms with Crippen molar-refractivity contribution in [3.8, 4) is 0 Å². The minimum Gasteiger partial charge on any atom is -0.481 e. The van der Waals surface area contributed by atoms with Gasteiger partial charge in [-0.25, -0.2) is 4.98 Å². The fraction of sp³-hybridized carbons (Fsp3) is 0.438. The number of hydrogen-bond acceptors (Lipinski definition) is 3. The number of rotatable bonds is 7. The first-order valence-corrected chi connectivity index (χ1v) is 7.43. The number of fused-ring (bicyclic) bond motifs is 1. The molecule has 0 aliphatic rings. The first-order valence-electron chi connectivity index (χ1n) is 7.43. The summed E-state index contributed by atoms with van der Waals surface area (Å²) in [6.45, 7) is 3.79. The van der Waals surface area contributed by atoms with Crippen LogP contribution in [0.1, 0.15) is 32.4 Å². The maximum absolute atomic E-state index is 12.0. The van der Waals surface area contributed by atoms with Gasteiger partial charge in [-0.1, -0.05) is 19.9 Å². The molecular weight excluding hydrogens is 282 g/mol. The monoisotopic (exact) mass is 303 g/mol. The Kier molecular flexibility index (Phi) is 4.80. The summed E-state index contributed by atoms with van der Waals surface area (Å²) in [6.07, 6.45) is 4.78. The molecule has 0 aliphatic heterocycles.